The second-order valence-corrected chi connectivity index (χ2v) is 4.00. The number of nitrogens with one attached hydrogen (secondary N) is 1. The number of aromatic nitrogens is 2. The van der Waals surface area contributed by atoms with Crippen molar-refractivity contribution in [1.82, 2.24) is 9.55 Å². The zero-order valence-corrected chi connectivity index (χ0v) is 9.76. The second kappa shape index (κ2) is 5.39. The van der Waals surface area contributed by atoms with Gasteiger partial charge in [-0.3, -0.25) is 14.3 Å². The Balaban J connectivity index is 2.28. The predicted molar refractivity (Wildman–Crippen MR) is 64.3 cm³/mol. The van der Waals surface area contributed by atoms with Crippen LogP contribution in [0.5, 0.6) is 0 Å². The van der Waals surface area contributed by atoms with E-state index in [1.807, 2.05) is 0 Å². The van der Waals surface area contributed by atoms with Crippen LogP contribution in [-0.4, -0.2) is 28.2 Å². The standard InChI is InChI=1S/C10H10N6O3/c1-12-5-7-6(14-15-11)4-9(19-7)16-3-2-8(17)13-10(16)18/h2-3,6-7,9H,4-5H2,(H,13,17,18)/t6-,7+,9+/m0/s1. The minimum Gasteiger partial charge on any atom is -0.346 e. The van der Waals surface area contributed by atoms with Crippen LogP contribution in [0.4, 0.5) is 0 Å². The van der Waals surface area contributed by atoms with E-state index in [-0.39, 0.29) is 13.0 Å². The molecule has 19 heavy (non-hydrogen) atoms. The van der Waals surface area contributed by atoms with Crippen molar-refractivity contribution in [1.29, 1.82) is 0 Å². The summed E-state index contributed by atoms with van der Waals surface area (Å²) in [6.07, 6.45) is 0.416. The summed E-state index contributed by atoms with van der Waals surface area (Å²) in [7, 11) is 0. The Morgan fingerprint density at radius 2 is 2.42 bits per heavy atom. The van der Waals surface area contributed by atoms with Gasteiger partial charge in [-0.2, -0.15) is 0 Å². The minimum absolute atomic E-state index is 0.0539. The van der Waals surface area contributed by atoms with Crippen LogP contribution in [0, 0.1) is 6.57 Å². The summed E-state index contributed by atoms with van der Waals surface area (Å²) in [6.45, 7) is 6.88. The molecule has 0 spiro atoms. The molecule has 9 heteroatoms. The molecule has 1 aromatic rings. The predicted octanol–water partition coefficient (Wildman–Crippen LogP) is 0.422. The van der Waals surface area contributed by atoms with Crippen LogP contribution < -0.4 is 11.2 Å². The highest BCUT2D eigenvalue weighted by molar-refractivity contribution is 4.93. The summed E-state index contributed by atoms with van der Waals surface area (Å²) in [5.41, 5.74) is 7.38. The highest BCUT2D eigenvalue weighted by atomic mass is 16.5. The third-order valence-corrected chi connectivity index (χ3v) is 2.84. The van der Waals surface area contributed by atoms with Gasteiger partial charge in [0.25, 0.3) is 5.56 Å². The van der Waals surface area contributed by atoms with Gasteiger partial charge in [0, 0.05) is 23.6 Å². The molecule has 1 saturated heterocycles. The summed E-state index contributed by atoms with van der Waals surface area (Å²) in [6, 6.07) is 0.707. The fraction of sp³-hybridized carbons (Fsp3) is 0.500. The lowest BCUT2D eigenvalue weighted by Crippen LogP contribution is -2.31. The molecule has 0 amide bonds. The summed E-state index contributed by atoms with van der Waals surface area (Å²) in [4.78, 5) is 30.6. The van der Waals surface area contributed by atoms with Gasteiger partial charge in [0.1, 0.15) is 12.3 Å². The number of hydrogen-bond acceptors (Lipinski definition) is 4. The first-order valence-electron chi connectivity index (χ1n) is 5.50. The van der Waals surface area contributed by atoms with Gasteiger partial charge in [0.15, 0.2) is 0 Å². The highest BCUT2D eigenvalue weighted by Crippen LogP contribution is 2.30. The number of nitrogens with zero attached hydrogens (tertiary/aromatic N) is 5. The van der Waals surface area contributed by atoms with E-state index in [4.69, 9.17) is 16.8 Å². The molecular weight excluding hydrogens is 252 g/mol. The first kappa shape index (κ1) is 12.9. The molecule has 1 aromatic heterocycles. The van der Waals surface area contributed by atoms with Gasteiger partial charge < -0.3 is 9.58 Å². The third-order valence-electron chi connectivity index (χ3n) is 2.84. The summed E-state index contributed by atoms with van der Waals surface area (Å²) < 4.78 is 6.75. The van der Waals surface area contributed by atoms with Crippen molar-refractivity contribution >= 4 is 0 Å². The van der Waals surface area contributed by atoms with Crippen LogP contribution in [0.25, 0.3) is 15.3 Å². The molecule has 2 heterocycles. The number of ether oxygens (including phenoxy) is 1. The van der Waals surface area contributed by atoms with Crippen molar-refractivity contribution in [3.05, 3.63) is 55.0 Å². The summed E-state index contributed by atoms with van der Waals surface area (Å²) in [5, 5.41) is 3.57. The fourth-order valence-electron chi connectivity index (χ4n) is 1.98. The minimum atomic E-state index is -0.647. The average Bonchev–Trinajstić information content (AvgIpc) is 2.73. The van der Waals surface area contributed by atoms with Crippen molar-refractivity contribution in [3.63, 3.8) is 0 Å². The second-order valence-electron chi connectivity index (χ2n) is 4.00. The molecule has 1 fully saturated rings. The van der Waals surface area contributed by atoms with E-state index in [0.717, 1.165) is 0 Å². The van der Waals surface area contributed by atoms with Crippen molar-refractivity contribution in [2.75, 3.05) is 6.54 Å². The smallest absolute Gasteiger partial charge is 0.330 e. The molecule has 0 saturated carbocycles. The molecule has 0 radical (unpaired) electrons. The van der Waals surface area contributed by atoms with E-state index in [1.54, 1.807) is 0 Å². The number of hydrogen-bond donors (Lipinski definition) is 1. The van der Waals surface area contributed by atoms with E-state index >= 15 is 0 Å². The average molecular weight is 262 g/mol. The number of aromatic amines is 1. The summed E-state index contributed by atoms with van der Waals surface area (Å²) in [5.74, 6) is 0. The normalized spacial score (nSPS) is 25.5. The number of azide groups is 1. The van der Waals surface area contributed by atoms with Gasteiger partial charge in [-0.25, -0.2) is 11.4 Å². The Morgan fingerprint density at radius 1 is 1.63 bits per heavy atom. The van der Waals surface area contributed by atoms with Gasteiger partial charge in [0.05, 0.1) is 6.04 Å². The van der Waals surface area contributed by atoms with Crippen LogP contribution in [0.2, 0.25) is 0 Å². The molecular formula is C10H10N6O3. The first-order valence-corrected chi connectivity index (χ1v) is 5.50. The SMILES string of the molecule is [C-]#[N+]C[C@H]1O[C@@H](n2ccc(=O)[nH]c2=O)C[C@@H]1N=[N+]=[N-]. The van der Waals surface area contributed by atoms with Gasteiger partial charge in [-0.05, 0) is 5.53 Å². The van der Waals surface area contributed by atoms with E-state index in [1.165, 1.54) is 16.8 Å². The molecule has 0 unspecified atom stereocenters. The van der Waals surface area contributed by atoms with Crippen LogP contribution in [-0.2, 0) is 4.74 Å². The lowest BCUT2D eigenvalue weighted by atomic mass is 10.1. The molecule has 3 atom stereocenters. The molecule has 1 N–H and O–H groups in total. The monoisotopic (exact) mass is 262 g/mol. The maximum Gasteiger partial charge on any atom is 0.330 e. The lowest BCUT2D eigenvalue weighted by Gasteiger charge is -2.12. The molecule has 1 aliphatic heterocycles. The quantitative estimate of drug-likeness (QED) is 0.368. The molecule has 1 aliphatic rings. The highest BCUT2D eigenvalue weighted by Gasteiger charge is 2.37. The molecule has 0 aromatic carbocycles. The Hall–Kier alpha value is -2.56. The molecule has 0 bridgehead atoms. The molecule has 98 valence electrons. The van der Waals surface area contributed by atoms with Gasteiger partial charge in [-0.1, -0.05) is 5.11 Å². The van der Waals surface area contributed by atoms with E-state index in [2.05, 4.69) is 19.9 Å². The van der Waals surface area contributed by atoms with Crippen LogP contribution in [0.3, 0.4) is 0 Å². The fourth-order valence-corrected chi connectivity index (χ4v) is 1.98. The Morgan fingerprint density at radius 3 is 3.05 bits per heavy atom. The van der Waals surface area contributed by atoms with E-state index in [0.29, 0.717) is 0 Å². The van der Waals surface area contributed by atoms with Crippen molar-refractivity contribution in [2.24, 2.45) is 5.11 Å². The van der Waals surface area contributed by atoms with Gasteiger partial charge >= 0.3 is 5.69 Å². The molecule has 2 rings (SSSR count). The number of rotatable bonds is 3. The van der Waals surface area contributed by atoms with E-state index < -0.39 is 29.6 Å². The van der Waals surface area contributed by atoms with E-state index in [9.17, 15) is 9.59 Å². The van der Waals surface area contributed by atoms with Crippen molar-refractivity contribution < 1.29 is 4.74 Å². The maximum absolute atomic E-state index is 11.6. The maximum atomic E-state index is 11.6. The topological polar surface area (TPSA) is 117 Å². The molecule has 0 aliphatic carbocycles. The van der Waals surface area contributed by atoms with Crippen molar-refractivity contribution in [3.8, 4) is 0 Å². The third kappa shape index (κ3) is 2.65. The van der Waals surface area contributed by atoms with Crippen LogP contribution in [0.15, 0.2) is 27.0 Å². The Labute approximate surface area is 106 Å². The zero-order valence-electron chi connectivity index (χ0n) is 9.76. The Kier molecular flexibility index (Phi) is 3.66. The van der Waals surface area contributed by atoms with Gasteiger partial charge in [0.2, 0.25) is 6.54 Å². The van der Waals surface area contributed by atoms with Crippen LogP contribution >= 0.6 is 0 Å². The Bertz CT molecular complexity index is 665. The zero-order chi connectivity index (χ0) is 13.8. The van der Waals surface area contributed by atoms with Crippen molar-refractivity contribution in [2.45, 2.75) is 24.8 Å². The largest absolute Gasteiger partial charge is 0.346 e. The van der Waals surface area contributed by atoms with Crippen LogP contribution in [0.1, 0.15) is 12.6 Å². The molecule has 9 nitrogen and oxygen atoms in total. The lowest BCUT2D eigenvalue weighted by molar-refractivity contribution is 0.00487. The number of H-pyrrole nitrogens is 1. The van der Waals surface area contributed by atoms with Gasteiger partial charge in [-0.15, -0.1) is 0 Å². The first-order chi connectivity index (χ1) is 9.15. The summed E-state index contributed by atoms with van der Waals surface area (Å²) >= 11 is 0.